The molecule has 0 aromatic rings. The number of aliphatic carboxylic acids is 1. The molecule has 66 valence electrons. The molecule has 0 aliphatic heterocycles. The number of carbonyl (C=O) groups is 1. The zero-order valence-corrected chi connectivity index (χ0v) is 5.85. The lowest BCUT2D eigenvalue weighted by Crippen LogP contribution is -2.45. The summed E-state index contributed by atoms with van der Waals surface area (Å²) in [6.07, 6.45) is 0. The highest BCUT2D eigenvalue weighted by Gasteiger charge is 2.04. The first-order valence-corrected chi connectivity index (χ1v) is 2.27. The molecule has 0 aromatic carbocycles. The van der Waals surface area contributed by atoms with Crippen molar-refractivity contribution < 1.29 is 19.8 Å². The molecular formula is C3H9N3O5. The Morgan fingerprint density at radius 1 is 1.73 bits per heavy atom. The van der Waals surface area contributed by atoms with Crippen molar-refractivity contribution in [1.82, 2.24) is 6.15 Å². The summed E-state index contributed by atoms with van der Waals surface area (Å²) in [5.41, 5.74) is 4.77. The van der Waals surface area contributed by atoms with Gasteiger partial charge in [-0.25, -0.2) is 0 Å². The van der Waals surface area contributed by atoms with E-state index < -0.39 is 23.7 Å². The number of carbonyl (C=O) groups excluding carboxylic acids is 1. The second kappa shape index (κ2) is 5.38. The second-order valence-corrected chi connectivity index (χ2v) is 1.44. The number of hydrogen-bond acceptors (Lipinski definition) is 6. The van der Waals surface area contributed by atoms with Crippen LogP contribution in [0.4, 0.5) is 0 Å². The van der Waals surface area contributed by atoms with Crippen LogP contribution in [0.3, 0.4) is 0 Å². The van der Waals surface area contributed by atoms with Gasteiger partial charge in [-0.1, -0.05) is 0 Å². The molecule has 0 aromatic heterocycles. The minimum absolute atomic E-state index is 0. The van der Waals surface area contributed by atoms with Gasteiger partial charge in [0.2, 0.25) is 0 Å². The van der Waals surface area contributed by atoms with E-state index in [1.54, 1.807) is 0 Å². The average Bonchev–Trinajstić information content (AvgIpc) is 1.82. The fourth-order valence-electron chi connectivity index (χ4n) is 0.209. The molecule has 0 radical (unpaired) electrons. The number of nitrogens with zero attached hydrogens (tertiary/aromatic N) is 1. The fraction of sp³-hybridized carbons (Fsp3) is 0.667. The maximum Gasteiger partial charge on any atom is 0.294 e. The van der Waals surface area contributed by atoms with Crippen LogP contribution in [0.15, 0.2) is 0 Å². The Morgan fingerprint density at radius 3 is 2.45 bits per heavy atom. The van der Waals surface area contributed by atoms with Crippen molar-refractivity contribution in [3.05, 3.63) is 10.1 Å². The molecular weight excluding hydrogens is 158 g/mol. The van der Waals surface area contributed by atoms with Gasteiger partial charge in [-0.2, -0.15) is 0 Å². The number of hydrogen-bond donors (Lipinski definition) is 2. The molecule has 0 rings (SSSR count). The molecule has 0 aliphatic rings. The smallest absolute Gasteiger partial charge is 0.294 e. The van der Waals surface area contributed by atoms with Crippen LogP contribution in [0.5, 0.6) is 0 Å². The van der Waals surface area contributed by atoms with Gasteiger partial charge in [-0.15, -0.1) is 10.1 Å². The molecule has 0 saturated carbocycles. The Bertz CT molecular complexity index is 148. The molecule has 0 heterocycles. The van der Waals surface area contributed by atoms with E-state index >= 15 is 0 Å². The van der Waals surface area contributed by atoms with Crippen molar-refractivity contribution in [3.63, 3.8) is 0 Å². The summed E-state index contributed by atoms with van der Waals surface area (Å²) < 4.78 is 0. The second-order valence-electron chi connectivity index (χ2n) is 1.44. The number of quaternary nitrogens is 1. The third kappa shape index (κ3) is 6.48. The molecule has 0 spiro atoms. The normalized spacial score (nSPS) is 11.0. The van der Waals surface area contributed by atoms with E-state index in [0.717, 1.165) is 0 Å². The zero-order chi connectivity index (χ0) is 8.15. The largest absolute Gasteiger partial charge is 0.548 e. The number of nitrogens with two attached hydrogens (primary N) is 1. The molecule has 0 amide bonds. The first kappa shape index (κ1) is 12.3. The lowest BCUT2D eigenvalue weighted by atomic mass is 10.3. The topological polar surface area (TPSA) is 155 Å². The summed E-state index contributed by atoms with van der Waals surface area (Å²) in [5.74, 6) is -1.58. The molecule has 0 bridgehead atoms. The molecule has 0 aliphatic carbocycles. The fourth-order valence-corrected chi connectivity index (χ4v) is 0.209. The number of carboxylic acids is 1. The molecule has 11 heavy (non-hydrogen) atoms. The van der Waals surface area contributed by atoms with Crippen molar-refractivity contribution >= 4 is 5.97 Å². The highest BCUT2D eigenvalue weighted by Crippen LogP contribution is 1.79. The van der Waals surface area contributed by atoms with Gasteiger partial charge in [0.05, 0.1) is 12.0 Å². The van der Waals surface area contributed by atoms with Crippen LogP contribution in [0.2, 0.25) is 0 Å². The minimum Gasteiger partial charge on any atom is -0.548 e. The van der Waals surface area contributed by atoms with E-state index in [1.165, 1.54) is 0 Å². The summed E-state index contributed by atoms with van der Waals surface area (Å²) in [5, 5.41) is 18.1. The molecule has 0 fully saturated rings. The van der Waals surface area contributed by atoms with Gasteiger partial charge in [0, 0.05) is 0 Å². The zero-order valence-electron chi connectivity index (χ0n) is 5.85. The molecule has 8 heteroatoms. The summed E-state index contributed by atoms with van der Waals surface area (Å²) in [6, 6.07) is -1.45. The van der Waals surface area contributed by atoms with Crippen molar-refractivity contribution in [2.45, 2.75) is 6.04 Å². The first-order chi connectivity index (χ1) is 4.54. The predicted molar refractivity (Wildman–Crippen MR) is 31.9 cm³/mol. The number of carboxylic acid groups (broad SMARTS) is 1. The van der Waals surface area contributed by atoms with Crippen molar-refractivity contribution in [2.75, 3.05) is 6.61 Å². The lowest BCUT2D eigenvalue weighted by Gasteiger charge is -2.09. The molecule has 1 atom stereocenters. The lowest BCUT2D eigenvalue weighted by molar-refractivity contribution is -0.757. The SMILES string of the molecule is N[C@@H](CO[N+](=O)[O-])C(=O)[O-].[NH4+]. The van der Waals surface area contributed by atoms with Gasteiger partial charge in [-0.3, -0.25) is 0 Å². The number of rotatable bonds is 4. The summed E-state index contributed by atoms with van der Waals surface area (Å²) in [4.78, 5) is 22.9. The highest BCUT2D eigenvalue weighted by molar-refractivity contribution is 5.70. The van der Waals surface area contributed by atoms with Gasteiger partial charge in [0.25, 0.3) is 5.09 Å². The van der Waals surface area contributed by atoms with Crippen molar-refractivity contribution in [3.8, 4) is 0 Å². The molecule has 0 unspecified atom stereocenters. The van der Waals surface area contributed by atoms with E-state index in [2.05, 4.69) is 4.84 Å². The first-order valence-electron chi connectivity index (χ1n) is 2.27. The Labute approximate surface area is 61.6 Å². The maximum atomic E-state index is 9.77. The monoisotopic (exact) mass is 167 g/mol. The van der Waals surface area contributed by atoms with Crippen molar-refractivity contribution in [2.24, 2.45) is 5.73 Å². The van der Waals surface area contributed by atoms with E-state index in [4.69, 9.17) is 5.73 Å². The van der Waals surface area contributed by atoms with Crippen LogP contribution < -0.4 is 17.0 Å². The van der Waals surface area contributed by atoms with Crippen LogP contribution in [0, 0.1) is 10.1 Å². The van der Waals surface area contributed by atoms with E-state index in [0.29, 0.717) is 0 Å². The third-order valence-electron chi connectivity index (χ3n) is 0.662. The predicted octanol–water partition coefficient (Wildman–Crippen LogP) is -2.35. The van der Waals surface area contributed by atoms with Gasteiger partial charge in [-0.05, 0) is 0 Å². The van der Waals surface area contributed by atoms with Crippen LogP contribution in [-0.4, -0.2) is 23.7 Å². The molecule has 6 N–H and O–H groups in total. The summed E-state index contributed by atoms with van der Waals surface area (Å²) in [7, 11) is 0. The Balaban J connectivity index is 0. The Hall–Kier alpha value is -1.41. The highest BCUT2D eigenvalue weighted by atomic mass is 16.9. The Kier molecular flexibility index (Phi) is 6.01. The van der Waals surface area contributed by atoms with Crippen LogP contribution >= 0.6 is 0 Å². The standard InChI is InChI=1S/C3H6N2O5.H3N/c4-2(3(6)7)1-10-5(8)9;/h2H,1,4H2,(H,6,7);1H3/t2-;/m0./s1. The van der Waals surface area contributed by atoms with E-state index in [9.17, 15) is 20.0 Å². The van der Waals surface area contributed by atoms with E-state index in [-0.39, 0.29) is 6.15 Å². The maximum absolute atomic E-state index is 9.77. The van der Waals surface area contributed by atoms with E-state index in [1.807, 2.05) is 0 Å². The van der Waals surface area contributed by atoms with Crippen LogP contribution in [0.1, 0.15) is 0 Å². The summed E-state index contributed by atoms with van der Waals surface area (Å²) >= 11 is 0. The molecule has 8 nitrogen and oxygen atoms in total. The Morgan fingerprint density at radius 2 is 2.18 bits per heavy atom. The van der Waals surface area contributed by atoms with Gasteiger partial charge in [0.1, 0.15) is 6.61 Å². The quantitative estimate of drug-likeness (QED) is 0.352. The van der Waals surface area contributed by atoms with Gasteiger partial charge >= 0.3 is 0 Å². The van der Waals surface area contributed by atoms with Crippen molar-refractivity contribution in [1.29, 1.82) is 0 Å². The minimum atomic E-state index is -1.58. The van der Waals surface area contributed by atoms with Gasteiger partial charge < -0.3 is 26.6 Å². The molecule has 0 saturated heterocycles. The summed E-state index contributed by atoms with van der Waals surface area (Å²) in [6.45, 7) is -0.685. The third-order valence-corrected chi connectivity index (χ3v) is 0.662. The average molecular weight is 167 g/mol. The van der Waals surface area contributed by atoms with Crippen LogP contribution in [-0.2, 0) is 9.63 Å². The van der Waals surface area contributed by atoms with Gasteiger partial charge in [0.15, 0.2) is 0 Å². The van der Waals surface area contributed by atoms with Crippen LogP contribution in [0.25, 0.3) is 0 Å².